The van der Waals surface area contributed by atoms with E-state index in [-0.39, 0.29) is 0 Å². The highest BCUT2D eigenvalue weighted by atomic mass is 15.1. The lowest BCUT2D eigenvalue weighted by atomic mass is 9.89. The largest absolute Gasteiger partial charge is 0.358 e. The van der Waals surface area contributed by atoms with E-state index in [0.717, 1.165) is 13.1 Å². The second-order valence-corrected chi connectivity index (χ2v) is 5.48. The Labute approximate surface area is 107 Å². The summed E-state index contributed by atoms with van der Waals surface area (Å²) in [5, 5.41) is 1.42. The SMILES string of the molecule is C/C=C1/CN2CC[C@@H]1c1[nH]c3ccccc3c1C2. The van der Waals surface area contributed by atoms with Gasteiger partial charge in [-0.3, -0.25) is 4.90 Å². The van der Waals surface area contributed by atoms with Crippen LogP contribution >= 0.6 is 0 Å². The topological polar surface area (TPSA) is 19.0 Å². The Bertz CT molecular complexity index is 636. The lowest BCUT2D eigenvalue weighted by Gasteiger charge is -2.29. The Hall–Kier alpha value is -1.54. The monoisotopic (exact) mass is 238 g/mol. The lowest BCUT2D eigenvalue weighted by molar-refractivity contribution is 0.261. The van der Waals surface area contributed by atoms with Crippen molar-refractivity contribution in [2.75, 3.05) is 13.1 Å². The molecule has 0 aliphatic carbocycles. The molecular weight excluding hydrogens is 220 g/mol. The van der Waals surface area contributed by atoms with Crippen LogP contribution < -0.4 is 0 Å². The van der Waals surface area contributed by atoms with Crippen LogP contribution in [0.2, 0.25) is 0 Å². The summed E-state index contributed by atoms with van der Waals surface area (Å²) in [4.78, 5) is 6.26. The number of para-hydroxylation sites is 1. The Balaban J connectivity index is 1.99. The van der Waals surface area contributed by atoms with Gasteiger partial charge in [0.1, 0.15) is 0 Å². The van der Waals surface area contributed by atoms with E-state index in [1.165, 1.54) is 35.1 Å². The van der Waals surface area contributed by atoms with Crippen molar-refractivity contribution in [1.82, 2.24) is 9.88 Å². The highest BCUT2D eigenvalue weighted by molar-refractivity contribution is 5.85. The van der Waals surface area contributed by atoms with Gasteiger partial charge >= 0.3 is 0 Å². The van der Waals surface area contributed by atoms with Crippen molar-refractivity contribution < 1.29 is 0 Å². The van der Waals surface area contributed by atoms with Crippen molar-refractivity contribution in [3.63, 3.8) is 0 Å². The fraction of sp³-hybridized carbons (Fsp3) is 0.375. The van der Waals surface area contributed by atoms with Crippen LogP contribution in [0.25, 0.3) is 10.9 Å². The minimum atomic E-state index is 0.621. The molecule has 0 amide bonds. The van der Waals surface area contributed by atoms with E-state index in [2.05, 4.69) is 47.1 Å². The van der Waals surface area contributed by atoms with Gasteiger partial charge < -0.3 is 4.98 Å². The zero-order valence-electron chi connectivity index (χ0n) is 10.7. The van der Waals surface area contributed by atoms with Crippen molar-refractivity contribution in [2.24, 2.45) is 0 Å². The molecule has 1 aromatic heterocycles. The third-order valence-electron chi connectivity index (χ3n) is 4.54. The quantitative estimate of drug-likeness (QED) is 0.697. The summed E-state index contributed by atoms with van der Waals surface area (Å²) in [5.74, 6) is 0.621. The van der Waals surface area contributed by atoms with E-state index in [9.17, 15) is 0 Å². The van der Waals surface area contributed by atoms with Crippen LogP contribution in [0, 0.1) is 0 Å². The van der Waals surface area contributed by atoms with Gasteiger partial charge in [-0.15, -0.1) is 0 Å². The molecule has 4 heterocycles. The molecule has 92 valence electrons. The predicted molar refractivity (Wildman–Crippen MR) is 74.7 cm³/mol. The van der Waals surface area contributed by atoms with Gasteiger partial charge in [0, 0.05) is 35.6 Å². The molecule has 2 heteroatoms. The maximum absolute atomic E-state index is 3.68. The molecule has 5 rings (SSSR count). The Kier molecular flexibility index (Phi) is 2.15. The number of fused-ring (bicyclic) bond motifs is 3. The molecule has 0 saturated carbocycles. The fourth-order valence-corrected chi connectivity index (χ4v) is 3.61. The highest BCUT2D eigenvalue weighted by Crippen LogP contribution is 2.41. The number of piperidine rings is 1. The van der Waals surface area contributed by atoms with Crippen molar-refractivity contribution >= 4 is 10.9 Å². The molecule has 1 unspecified atom stereocenters. The fourth-order valence-electron chi connectivity index (χ4n) is 3.61. The number of nitrogens with one attached hydrogen (secondary N) is 1. The molecule has 1 saturated heterocycles. The summed E-state index contributed by atoms with van der Waals surface area (Å²) >= 11 is 0. The van der Waals surface area contributed by atoms with Crippen LogP contribution in [0.5, 0.6) is 0 Å². The van der Waals surface area contributed by atoms with Crippen molar-refractivity contribution in [3.05, 3.63) is 47.2 Å². The molecule has 2 atom stereocenters. The van der Waals surface area contributed by atoms with E-state index in [0.29, 0.717) is 5.92 Å². The van der Waals surface area contributed by atoms with Crippen LogP contribution in [0.1, 0.15) is 30.5 Å². The molecule has 1 N–H and O–H groups in total. The number of H-pyrrole nitrogens is 1. The molecule has 3 aliphatic heterocycles. The molecule has 1 aromatic carbocycles. The number of rotatable bonds is 0. The molecule has 18 heavy (non-hydrogen) atoms. The number of nitrogens with zero attached hydrogens (tertiary/aromatic N) is 1. The number of aromatic nitrogens is 1. The van der Waals surface area contributed by atoms with Crippen molar-refractivity contribution in [2.45, 2.75) is 25.8 Å². The van der Waals surface area contributed by atoms with Crippen LogP contribution in [-0.4, -0.2) is 23.0 Å². The van der Waals surface area contributed by atoms with Gasteiger partial charge in [0.05, 0.1) is 0 Å². The summed E-state index contributed by atoms with van der Waals surface area (Å²) < 4.78 is 0. The van der Waals surface area contributed by atoms with Gasteiger partial charge in [0.25, 0.3) is 0 Å². The first kappa shape index (κ1) is 10.4. The maximum Gasteiger partial charge on any atom is 0.0459 e. The van der Waals surface area contributed by atoms with Gasteiger partial charge in [0.15, 0.2) is 0 Å². The molecule has 2 nitrogen and oxygen atoms in total. The van der Waals surface area contributed by atoms with E-state index in [1.807, 2.05) is 0 Å². The number of hydrogen-bond donors (Lipinski definition) is 1. The predicted octanol–water partition coefficient (Wildman–Crippen LogP) is 3.42. The van der Waals surface area contributed by atoms with Gasteiger partial charge in [0.2, 0.25) is 0 Å². The number of hydrogen-bond acceptors (Lipinski definition) is 1. The third-order valence-corrected chi connectivity index (χ3v) is 4.54. The van der Waals surface area contributed by atoms with Crippen LogP contribution in [0.4, 0.5) is 0 Å². The highest BCUT2D eigenvalue weighted by Gasteiger charge is 2.32. The Morgan fingerprint density at radius 1 is 1.28 bits per heavy atom. The second-order valence-electron chi connectivity index (χ2n) is 5.48. The zero-order chi connectivity index (χ0) is 12.1. The molecular formula is C16H18N2. The zero-order valence-corrected chi connectivity index (χ0v) is 10.7. The number of aromatic amines is 1. The van der Waals surface area contributed by atoms with Crippen LogP contribution in [0.3, 0.4) is 0 Å². The van der Waals surface area contributed by atoms with Crippen LogP contribution in [-0.2, 0) is 6.54 Å². The average Bonchev–Trinajstić information content (AvgIpc) is 2.60. The minimum Gasteiger partial charge on any atom is -0.358 e. The van der Waals surface area contributed by atoms with Gasteiger partial charge in [-0.1, -0.05) is 29.8 Å². The third kappa shape index (κ3) is 1.33. The molecule has 0 spiro atoms. The molecule has 2 bridgehead atoms. The van der Waals surface area contributed by atoms with E-state index >= 15 is 0 Å². The smallest absolute Gasteiger partial charge is 0.0459 e. The first-order chi connectivity index (χ1) is 8.86. The molecule has 1 fully saturated rings. The molecule has 2 aromatic rings. The van der Waals surface area contributed by atoms with E-state index < -0.39 is 0 Å². The first-order valence-corrected chi connectivity index (χ1v) is 6.83. The van der Waals surface area contributed by atoms with Gasteiger partial charge in [-0.25, -0.2) is 0 Å². The number of allylic oxidation sites excluding steroid dienone is 1. The molecule has 3 aliphatic rings. The first-order valence-electron chi connectivity index (χ1n) is 6.83. The Morgan fingerprint density at radius 3 is 3.06 bits per heavy atom. The number of benzene rings is 1. The summed E-state index contributed by atoms with van der Waals surface area (Å²) in [6, 6.07) is 8.72. The van der Waals surface area contributed by atoms with E-state index in [1.54, 1.807) is 5.57 Å². The summed E-state index contributed by atoms with van der Waals surface area (Å²) in [6.45, 7) is 5.67. The second kappa shape index (κ2) is 3.72. The summed E-state index contributed by atoms with van der Waals surface area (Å²) in [6.07, 6.45) is 3.58. The molecule has 0 radical (unpaired) electrons. The summed E-state index contributed by atoms with van der Waals surface area (Å²) in [7, 11) is 0. The summed E-state index contributed by atoms with van der Waals surface area (Å²) in [5.41, 5.74) is 5.90. The van der Waals surface area contributed by atoms with Crippen LogP contribution in [0.15, 0.2) is 35.9 Å². The van der Waals surface area contributed by atoms with E-state index in [4.69, 9.17) is 0 Å². The normalized spacial score (nSPS) is 28.6. The van der Waals surface area contributed by atoms with Gasteiger partial charge in [-0.2, -0.15) is 0 Å². The van der Waals surface area contributed by atoms with Crippen molar-refractivity contribution in [1.29, 1.82) is 0 Å². The average molecular weight is 238 g/mol. The van der Waals surface area contributed by atoms with Crippen molar-refractivity contribution in [3.8, 4) is 0 Å². The standard InChI is InChI=1S/C16H18N2/c1-2-11-9-18-8-7-12(11)16-14(10-18)13-5-3-4-6-15(13)17-16/h2-6,12,17H,7-10H2,1H3/b11-2-/t12-/m0/s1. The Morgan fingerprint density at radius 2 is 2.17 bits per heavy atom. The van der Waals surface area contributed by atoms with Gasteiger partial charge in [-0.05, 0) is 31.5 Å². The maximum atomic E-state index is 3.68. The lowest BCUT2D eigenvalue weighted by Crippen LogP contribution is -2.31. The minimum absolute atomic E-state index is 0.621.